The number of benzene rings is 1. The van der Waals surface area contributed by atoms with E-state index in [0.29, 0.717) is 12.2 Å². The third kappa shape index (κ3) is 3.05. The number of piperidine rings is 1. The number of hydrogen-bond donors (Lipinski definition) is 2. The molecule has 0 unspecified atom stereocenters. The van der Waals surface area contributed by atoms with Crippen LogP contribution in [0.15, 0.2) is 42.7 Å². The van der Waals surface area contributed by atoms with Gasteiger partial charge >= 0.3 is 0 Å². The number of nitrogens with one attached hydrogen (secondary N) is 2. The molecule has 2 aromatic rings. The maximum absolute atomic E-state index is 13.0. The fourth-order valence-electron chi connectivity index (χ4n) is 4.79. The van der Waals surface area contributed by atoms with Crippen molar-refractivity contribution in [2.45, 2.75) is 44.2 Å². The van der Waals surface area contributed by atoms with Crippen molar-refractivity contribution in [2.24, 2.45) is 0 Å². The van der Waals surface area contributed by atoms with Crippen LogP contribution >= 0.6 is 0 Å². The molecule has 1 spiro atoms. The molecule has 1 saturated heterocycles. The molecule has 4 rings (SSSR count). The van der Waals surface area contributed by atoms with Gasteiger partial charge < -0.3 is 15.4 Å². The highest BCUT2D eigenvalue weighted by Crippen LogP contribution is 2.51. The number of ether oxygens (including phenoxy) is 1. The quantitative estimate of drug-likeness (QED) is 0.875. The summed E-state index contributed by atoms with van der Waals surface area (Å²) in [6, 6.07) is 10.2. The van der Waals surface area contributed by atoms with Crippen LogP contribution in [0.3, 0.4) is 0 Å². The van der Waals surface area contributed by atoms with Gasteiger partial charge in [0, 0.05) is 24.4 Å². The van der Waals surface area contributed by atoms with Crippen LogP contribution < -0.4 is 10.6 Å². The van der Waals surface area contributed by atoms with Crippen molar-refractivity contribution in [2.75, 3.05) is 19.7 Å². The lowest BCUT2D eigenvalue weighted by molar-refractivity contribution is -0.0208. The Balaban J connectivity index is 1.72. The third-order valence-electron chi connectivity index (χ3n) is 6.09. The summed E-state index contributed by atoms with van der Waals surface area (Å²) in [4.78, 5) is 17.2. The van der Waals surface area contributed by atoms with Gasteiger partial charge in [-0.3, -0.25) is 9.78 Å². The Morgan fingerprint density at radius 1 is 1.30 bits per heavy atom. The number of hydrogen-bond acceptors (Lipinski definition) is 4. The van der Waals surface area contributed by atoms with Crippen LogP contribution in [0.1, 0.15) is 52.9 Å². The Hall–Kier alpha value is -2.24. The van der Waals surface area contributed by atoms with Crippen molar-refractivity contribution < 1.29 is 9.53 Å². The van der Waals surface area contributed by atoms with Crippen LogP contribution in [0, 0.1) is 6.92 Å². The molecule has 27 heavy (non-hydrogen) atoms. The first kappa shape index (κ1) is 18.1. The van der Waals surface area contributed by atoms with E-state index in [1.807, 2.05) is 19.9 Å². The minimum atomic E-state index is -0.147. The van der Waals surface area contributed by atoms with Crippen LogP contribution in [0.25, 0.3) is 0 Å². The van der Waals surface area contributed by atoms with Gasteiger partial charge in [-0.1, -0.05) is 24.3 Å². The molecule has 1 aromatic heterocycles. The molecular weight excluding hydrogens is 338 g/mol. The Kier molecular flexibility index (Phi) is 4.98. The lowest BCUT2D eigenvalue weighted by Gasteiger charge is -2.41. The van der Waals surface area contributed by atoms with Gasteiger partial charge in [-0.15, -0.1) is 0 Å². The molecule has 1 aromatic carbocycles. The second kappa shape index (κ2) is 7.41. The Morgan fingerprint density at radius 2 is 2.07 bits per heavy atom. The van der Waals surface area contributed by atoms with E-state index in [2.05, 4.69) is 39.9 Å². The average Bonchev–Trinajstić information content (AvgIpc) is 2.93. The zero-order valence-corrected chi connectivity index (χ0v) is 16.0. The number of aromatic nitrogens is 1. The van der Waals surface area contributed by atoms with Crippen LogP contribution in [-0.4, -0.2) is 36.7 Å². The van der Waals surface area contributed by atoms with E-state index in [1.165, 1.54) is 11.1 Å². The molecule has 2 atom stereocenters. The Morgan fingerprint density at radius 3 is 2.81 bits per heavy atom. The lowest BCUT2D eigenvalue weighted by Crippen LogP contribution is -2.49. The predicted octanol–water partition coefficient (Wildman–Crippen LogP) is 2.90. The minimum absolute atomic E-state index is 0.0419. The molecule has 2 heterocycles. The third-order valence-corrected chi connectivity index (χ3v) is 6.09. The van der Waals surface area contributed by atoms with Gasteiger partial charge in [0.05, 0.1) is 17.7 Å². The van der Waals surface area contributed by atoms with Crippen molar-refractivity contribution >= 4 is 5.91 Å². The second-order valence-corrected chi connectivity index (χ2v) is 7.51. The monoisotopic (exact) mass is 365 g/mol. The van der Waals surface area contributed by atoms with Gasteiger partial charge in [0.2, 0.25) is 0 Å². The van der Waals surface area contributed by atoms with Crippen molar-refractivity contribution in [1.82, 2.24) is 15.6 Å². The van der Waals surface area contributed by atoms with E-state index in [4.69, 9.17) is 4.74 Å². The number of amides is 1. The first-order chi connectivity index (χ1) is 13.2. The molecule has 2 aliphatic rings. The van der Waals surface area contributed by atoms with Gasteiger partial charge in [-0.05, 0) is 62.5 Å². The number of fused-ring (bicyclic) bond motifs is 2. The number of carbonyl (C=O) groups excluding carboxylic acids is 1. The van der Waals surface area contributed by atoms with E-state index in [1.54, 1.807) is 12.4 Å². The summed E-state index contributed by atoms with van der Waals surface area (Å²) in [6.07, 6.45) is 5.34. The number of rotatable bonds is 4. The van der Waals surface area contributed by atoms with E-state index in [-0.39, 0.29) is 23.5 Å². The SMILES string of the molecule is CCO[C@H]1[C@H](NC(=O)c2cnccc2C)c2ccccc2C12CCNCC2. The van der Waals surface area contributed by atoms with Crippen molar-refractivity contribution in [3.05, 3.63) is 65.0 Å². The number of carbonyl (C=O) groups is 1. The molecule has 2 N–H and O–H groups in total. The van der Waals surface area contributed by atoms with Gasteiger partial charge in [-0.2, -0.15) is 0 Å². The molecule has 5 nitrogen and oxygen atoms in total. The predicted molar refractivity (Wildman–Crippen MR) is 105 cm³/mol. The highest BCUT2D eigenvalue weighted by molar-refractivity contribution is 5.95. The van der Waals surface area contributed by atoms with Gasteiger partial charge in [0.15, 0.2) is 0 Å². The van der Waals surface area contributed by atoms with Gasteiger partial charge in [0.1, 0.15) is 0 Å². The van der Waals surface area contributed by atoms with E-state index in [0.717, 1.165) is 31.5 Å². The smallest absolute Gasteiger partial charge is 0.253 e. The van der Waals surface area contributed by atoms with Crippen LogP contribution in [0.5, 0.6) is 0 Å². The average molecular weight is 365 g/mol. The summed E-state index contributed by atoms with van der Waals surface area (Å²) in [7, 11) is 0. The topological polar surface area (TPSA) is 63.2 Å². The van der Waals surface area contributed by atoms with Crippen LogP contribution in [0.4, 0.5) is 0 Å². The summed E-state index contributed by atoms with van der Waals surface area (Å²) in [5, 5.41) is 6.74. The highest BCUT2D eigenvalue weighted by atomic mass is 16.5. The van der Waals surface area contributed by atoms with Crippen molar-refractivity contribution in [1.29, 1.82) is 0 Å². The van der Waals surface area contributed by atoms with Crippen molar-refractivity contribution in [3.63, 3.8) is 0 Å². The fourth-order valence-corrected chi connectivity index (χ4v) is 4.79. The molecule has 1 aliphatic heterocycles. The normalized spacial score (nSPS) is 23.2. The summed E-state index contributed by atoms with van der Waals surface area (Å²) in [6.45, 7) is 6.54. The minimum Gasteiger partial charge on any atom is -0.375 e. The maximum Gasteiger partial charge on any atom is 0.253 e. The largest absolute Gasteiger partial charge is 0.375 e. The molecule has 1 fully saturated rings. The van der Waals surface area contributed by atoms with E-state index in [9.17, 15) is 4.79 Å². The zero-order valence-electron chi connectivity index (χ0n) is 16.0. The fraction of sp³-hybridized carbons (Fsp3) is 0.455. The summed E-state index contributed by atoms with van der Waals surface area (Å²) >= 11 is 0. The number of pyridine rings is 1. The molecule has 142 valence electrons. The molecule has 1 aliphatic carbocycles. The second-order valence-electron chi connectivity index (χ2n) is 7.51. The van der Waals surface area contributed by atoms with Crippen molar-refractivity contribution in [3.8, 4) is 0 Å². The summed E-state index contributed by atoms with van der Waals surface area (Å²) < 4.78 is 6.30. The maximum atomic E-state index is 13.0. The Bertz CT molecular complexity index is 830. The number of nitrogens with zero attached hydrogens (tertiary/aromatic N) is 1. The number of aryl methyl sites for hydroxylation is 1. The molecule has 0 radical (unpaired) electrons. The lowest BCUT2D eigenvalue weighted by atomic mass is 9.72. The molecule has 0 bridgehead atoms. The van der Waals surface area contributed by atoms with Crippen LogP contribution in [-0.2, 0) is 10.2 Å². The summed E-state index contributed by atoms with van der Waals surface area (Å²) in [5.41, 5.74) is 4.03. The van der Waals surface area contributed by atoms with E-state index < -0.39 is 0 Å². The van der Waals surface area contributed by atoms with E-state index >= 15 is 0 Å². The first-order valence-corrected chi connectivity index (χ1v) is 9.80. The summed E-state index contributed by atoms with van der Waals surface area (Å²) in [5.74, 6) is -0.0870. The van der Waals surface area contributed by atoms with Gasteiger partial charge in [0.25, 0.3) is 5.91 Å². The standard InChI is InChI=1S/C22H27N3O2/c1-3-27-20-19(25-21(26)17-14-24-11-8-15(17)2)16-6-4-5-7-18(16)22(20)9-12-23-13-10-22/h4-8,11,14,19-20,23H,3,9-10,12-13H2,1-2H3,(H,25,26)/t19-,20+/m1/s1. The molecule has 5 heteroatoms. The van der Waals surface area contributed by atoms with Crippen LogP contribution in [0.2, 0.25) is 0 Å². The first-order valence-electron chi connectivity index (χ1n) is 9.80. The van der Waals surface area contributed by atoms with Gasteiger partial charge in [-0.25, -0.2) is 0 Å². The molecule has 1 amide bonds. The highest BCUT2D eigenvalue weighted by Gasteiger charge is 2.53. The molecular formula is C22H27N3O2. The molecule has 0 saturated carbocycles. The zero-order chi connectivity index (χ0) is 18.9. The Labute approximate surface area is 160 Å².